The predicted octanol–water partition coefficient (Wildman–Crippen LogP) is 3.75. The minimum atomic E-state index is 0.442. The van der Waals surface area contributed by atoms with Gasteiger partial charge in [0.1, 0.15) is 5.75 Å². The predicted molar refractivity (Wildman–Crippen MR) is 58.9 cm³/mol. The Balaban J connectivity index is 1.95. The lowest BCUT2D eigenvalue weighted by Crippen LogP contribution is -2.10. The van der Waals surface area contributed by atoms with E-state index in [1.807, 2.05) is 24.3 Å². The van der Waals surface area contributed by atoms with Gasteiger partial charge in [0, 0.05) is 5.88 Å². The van der Waals surface area contributed by atoms with E-state index < -0.39 is 0 Å². The second kappa shape index (κ2) is 4.70. The molecule has 1 aromatic rings. The molecule has 1 aliphatic carbocycles. The molecule has 1 aliphatic rings. The van der Waals surface area contributed by atoms with Gasteiger partial charge < -0.3 is 4.74 Å². The summed E-state index contributed by atoms with van der Waals surface area (Å²) in [5.41, 5.74) is 1.14. The summed E-state index contributed by atoms with van der Waals surface area (Å²) in [5, 5.41) is 0. The van der Waals surface area contributed by atoms with Gasteiger partial charge in [-0.2, -0.15) is 0 Å². The van der Waals surface area contributed by atoms with Crippen molar-refractivity contribution in [2.45, 2.75) is 37.7 Å². The van der Waals surface area contributed by atoms with Crippen LogP contribution in [0.1, 0.15) is 31.2 Å². The highest BCUT2D eigenvalue weighted by molar-refractivity contribution is 6.17. The molecule has 0 aromatic heterocycles. The van der Waals surface area contributed by atoms with Crippen molar-refractivity contribution in [2.24, 2.45) is 0 Å². The van der Waals surface area contributed by atoms with Crippen molar-refractivity contribution in [3.05, 3.63) is 29.8 Å². The van der Waals surface area contributed by atoms with E-state index in [2.05, 4.69) is 0 Å². The van der Waals surface area contributed by atoms with Crippen LogP contribution < -0.4 is 4.74 Å². The molecule has 0 atom stereocenters. The first kappa shape index (κ1) is 9.85. The van der Waals surface area contributed by atoms with Gasteiger partial charge in [0.15, 0.2) is 0 Å². The zero-order valence-corrected chi connectivity index (χ0v) is 8.96. The second-order valence-electron chi connectivity index (χ2n) is 3.80. The molecule has 0 unspecified atom stereocenters. The lowest BCUT2D eigenvalue weighted by Gasteiger charge is -2.12. The molecule has 0 radical (unpaired) electrons. The van der Waals surface area contributed by atoms with Crippen LogP contribution in [0.15, 0.2) is 24.3 Å². The summed E-state index contributed by atoms with van der Waals surface area (Å²) in [6.45, 7) is 0. The summed E-state index contributed by atoms with van der Waals surface area (Å²) in [4.78, 5) is 0. The number of ether oxygens (including phenoxy) is 1. The Morgan fingerprint density at radius 2 is 1.79 bits per heavy atom. The number of alkyl halides is 1. The van der Waals surface area contributed by atoms with Gasteiger partial charge in [-0.15, -0.1) is 11.6 Å². The number of rotatable bonds is 3. The highest BCUT2D eigenvalue weighted by Crippen LogP contribution is 2.24. The van der Waals surface area contributed by atoms with Crippen LogP contribution in [-0.4, -0.2) is 6.10 Å². The maximum atomic E-state index is 5.83. The minimum absolute atomic E-state index is 0.442. The van der Waals surface area contributed by atoms with Crippen molar-refractivity contribution in [1.29, 1.82) is 0 Å². The maximum Gasteiger partial charge on any atom is 0.119 e. The third kappa shape index (κ3) is 2.42. The molecule has 1 saturated carbocycles. The molecule has 0 spiro atoms. The molecular formula is C12H15ClO. The quantitative estimate of drug-likeness (QED) is 0.691. The van der Waals surface area contributed by atoms with Crippen molar-refractivity contribution < 1.29 is 4.74 Å². The molecule has 0 heterocycles. The smallest absolute Gasteiger partial charge is 0.119 e. The summed E-state index contributed by atoms with van der Waals surface area (Å²) >= 11 is 5.71. The van der Waals surface area contributed by atoms with Gasteiger partial charge in [-0.05, 0) is 43.4 Å². The Morgan fingerprint density at radius 3 is 2.36 bits per heavy atom. The van der Waals surface area contributed by atoms with E-state index >= 15 is 0 Å². The summed E-state index contributed by atoms with van der Waals surface area (Å²) in [6, 6.07) is 8.07. The summed E-state index contributed by atoms with van der Waals surface area (Å²) in [7, 11) is 0. The van der Waals surface area contributed by atoms with E-state index in [0.717, 1.165) is 11.3 Å². The fraction of sp³-hybridized carbons (Fsp3) is 0.500. The molecular weight excluding hydrogens is 196 g/mol. The van der Waals surface area contributed by atoms with Gasteiger partial charge in [0.05, 0.1) is 6.10 Å². The second-order valence-corrected chi connectivity index (χ2v) is 4.07. The van der Waals surface area contributed by atoms with Gasteiger partial charge in [-0.25, -0.2) is 0 Å². The number of halogens is 1. The van der Waals surface area contributed by atoms with Gasteiger partial charge in [-0.3, -0.25) is 0 Å². The molecule has 0 amide bonds. The molecule has 1 aromatic carbocycles. The average Bonchev–Trinajstić information content (AvgIpc) is 2.72. The van der Waals surface area contributed by atoms with Crippen molar-refractivity contribution in [3.8, 4) is 5.75 Å². The summed E-state index contributed by atoms with van der Waals surface area (Å²) < 4.78 is 5.83. The van der Waals surface area contributed by atoms with Gasteiger partial charge in [-0.1, -0.05) is 12.1 Å². The molecule has 0 aliphatic heterocycles. The number of hydrogen-bond acceptors (Lipinski definition) is 1. The van der Waals surface area contributed by atoms with Crippen molar-refractivity contribution in [2.75, 3.05) is 0 Å². The molecule has 1 nitrogen and oxygen atoms in total. The molecule has 76 valence electrons. The third-order valence-corrected chi connectivity index (χ3v) is 2.99. The third-order valence-electron chi connectivity index (χ3n) is 2.68. The Morgan fingerprint density at radius 1 is 1.14 bits per heavy atom. The first-order chi connectivity index (χ1) is 6.88. The van der Waals surface area contributed by atoms with Gasteiger partial charge >= 0.3 is 0 Å². The normalized spacial score (nSPS) is 17.2. The van der Waals surface area contributed by atoms with Crippen LogP contribution in [0.25, 0.3) is 0 Å². The van der Waals surface area contributed by atoms with E-state index in [-0.39, 0.29) is 0 Å². The first-order valence-corrected chi connectivity index (χ1v) is 5.73. The average molecular weight is 211 g/mol. The number of hydrogen-bond donors (Lipinski definition) is 0. The van der Waals surface area contributed by atoms with E-state index in [0.29, 0.717) is 12.0 Å². The monoisotopic (exact) mass is 210 g/mol. The van der Waals surface area contributed by atoms with E-state index in [1.165, 1.54) is 25.7 Å². The number of benzene rings is 1. The van der Waals surface area contributed by atoms with Crippen molar-refractivity contribution in [3.63, 3.8) is 0 Å². The van der Waals surface area contributed by atoms with Crippen LogP contribution in [0.5, 0.6) is 5.75 Å². The SMILES string of the molecule is ClCc1ccc(OC2CCCC2)cc1. The van der Waals surface area contributed by atoms with E-state index in [4.69, 9.17) is 16.3 Å². The van der Waals surface area contributed by atoms with Crippen LogP contribution >= 0.6 is 11.6 Å². The van der Waals surface area contributed by atoms with E-state index in [9.17, 15) is 0 Å². The Labute approximate surface area is 90.0 Å². The van der Waals surface area contributed by atoms with Crippen LogP contribution in [0.3, 0.4) is 0 Å². The highest BCUT2D eigenvalue weighted by atomic mass is 35.5. The Bertz CT molecular complexity index is 275. The lowest BCUT2D eigenvalue weighted by molar-refractivity contribution is 0.210. The van der Waals surface area contributed by atoms with E-state index in [1.54, 1.807) is 0 Å². The Hall–Kier alpha value is -0.690. The molecule has 0 N–H and O–H groups in total. The molecule has 0 bridgehead atoms. The van der Waals surface area contributed by atoms with Crippen LogP contribution in [0.4, 0.5) is 0 Å². The standard InChI is InChI=1S/C12H15ClO/c13-9-10-5-7-12(8-6-10)14-11-3-1-2-4-11/h5-8,11H,1-4,9H2. The molecule has 2 heteroatoms. The molecule has 2 rings (SSSR count). The largest absolute Gasteiger partial charge is 0.490 e. The zero-order valence-electron chi connectivity index (χ0n) is 8.21. The molecule has 1 fully saturated rings. The van der Waals surface area contributed by atoms with Crippen molar-refractivity contribution >= 4 is 11.6 Å². The fourth-order valence-electron chi connectivity index (χ4n) is 1.86. The molecule has 14 heavy (non-hydrogen) atoms. The fourth-order valence-corrected chi connectivity index (χ4v) is 2.03. The van der Waals surface area contributed by atoms with Crippen LogP contribution in [-0.2, 0) is 5.88 Å². The topological polar surface area (TPSA) is 9.23 Å². The maximum absolute atomic E-state index is 5.83. The van der Waals surface area contributed by atoms with Gasteiger partial charge in [0.2, 0.25) is 0 Å². The highest BCUT2D eigenvalue weighted by Gasteiger charge is 2.15. The van der Waals surface area contributed by atoms with Gasteiger partial charge in [0.25, 0.3) is 0 Å². The summed E-state index contributed by atoms with van der Waals surface area (Å²) in [6.07, 6.45) is 5.47. The zero-order chi connectivity index (χ0) is 9.80. The minimum Gasteiger partial charge on any atom is -0.490 e. The summed E-state index contributed by atoms with van der Waals surface area (Å²) in [5.74, 6) is 1.55. The molecule has 0 saturated heterocycles. The van der Waals surface area contributed by atoms with Crippen LogP contribution in [0.2, 0.25) is 0 Å². The van der Waals surface area contributed by atoms with Crippen LogP contribution in [0, 0.1) is 0 Å². The lowest BCUT2D eigenvalue weighted by atomic mass is 10.2. The first-order valence-electron chi connectivity index (χ1n) is 5.20. The van der Waals surface area contributed by atoms with Crippen molar-refractivity contribution in [1.82, 2.24) is 0 Å². The Kier molecular flexibility index (Phi) is 3.30.